The highest BCUT2D eigenvalue weighted by atomic mass is 16.5. The maximum absolute atomic E-state index is 5.65. The van der Waals surface area contributed by atoms with Gasteiger partial charge in [-0.3, -0.25) is 0 Å². The fourth-order valence-corrected chi connectivity index (χ4v) is 1.84. The second-order valence-corrected chi connectivity index (χ2v) is 3.56. The lowest BCUT2D eigenvalue weighted by Gasteiger charge is -2.05. The zero-order valence-corrected chi connectivity index (χ0v) is 9.66. The van der Waals surface area contributed by atoms with Gasteiger partial charge in [0.1, 0.15) is 22.8 Å². The molecule has 0 atom stereocenters. The zero-order valence-electron chi connectivity index (χ0n) is 9.66. The summed E-state index contributed by atoms with van der Waals surface area (Å²) in [5.74, 6) is 2.23. The summed E-state index contributed by atoms with van der Waals surface area (Å²) < 4.78 is 16.2. The molecule has 0 radical (unpaired) electrons. The van der Waals surface area contributed by atoms with Crippen LogP contribution < -0.4 is 15.2 Å². The van der Waals surface area contributed by atoms with Crippen LogP contribution in [0.15, 0.2) is 16.5 Å². The number of nitrogens with two attached hydrogens (primary N) is 1. The van der Waals surface area contributed by atoms with E-state index in [1.54, 1.807) is 14.2 Å². The van der Waals surface area contributed by atoms with Crippen LogP contribution in [0.2, 0.25) is 0 Å². The average Bonchev–Trinajstić information content (AvgIpc) is 2.65. The fourth-order valence-electron chi connectivity index (χ4n) is 1.84. The third kappa shape index (κ3) is 1.51. The van der Waals surface area contributed by atoms with Crippen molar-refractivity contribution in [3.63, 3.8) is 0 Å². The van der Waals surface area contributed by atoms with Crippen LogP contribution in [0.4, 0.5) is 0 Å². The molecule has 4 heteroatoms. The molecular formula is C12H15NO3. The first-order chi connectivity index (χ1) is 7.71. The van der Waals surface area contributed by atoms with Crippen molar-refractivity contribution in [2.75, 3.05) is 14.2 Å². The van der Waals surface area contributed by atoms with Gasteiger partial charge in [-0.15, -0.1) is 0 Å². The summed E-state index contributed by atoms with van der Waals surface area (Å²) in [7, 11) is 3.24. The number of benzene rings is 1. The van der Waals surface area contributed by atoms with E-state index in [1.807, 2.05) is 19.1 Å². The third-order valence-electron chi connectivity index (χ3n) is 2.71. The van der Waals surface area contributed by atoms with Crippen LogP contribution in [-0.4, -0.2) is 14.2 Å². The van der Waals surface area contributed by atoms with Gasteiger partial charge in [-0.1, -0.05) is 0 Å². The number of methoxy groups -OCH3 is 2. The molecule has 0 aliphatic carbocycles. The highest BCUT2D eigenvalue weighted by molar-refractivity contribution is 5.89. The minimum absolute atomic E-state index is 0.381. The highest BCUT2D eigenvalue weighted by Crippen LogP contribution is 2.36. The standard InChI is InChI=1S/C12H15NO3/c1-7-11(6-13)16-10-5-8(14-2)4-9(15-3)12(7)10/h4-5H,6,13H2,1-3H3. The molecule has 86 valence electrons. The molecule has 0 saturated carbocycles. The topological polar surface area (TPSA) is 57.6 Å². The van der Waals surface area contributed by atoms with Crippen molar-refractivity contribution in [3.05, 3.63) is 23.5 Å². The predicted octanol–water partition coefficient (Wildman–Crippen LogP) is 2.22. The monoisotopic (exact) mass is 221 g/mol. The summed E-state index contributed by atoms with van der Waals surface area (Å²) >= 11 is 0. The van der Waals surface area contributed by atoms with E-state index in [4.69, 9.17) is 19.6 Å². The third-order valence-corrected chi connectivity index (χ3v) is 2.71. The van der Waals surface area contributed by atoms with Gasteiger partial charge in [0.15, 0.2) is 0 Å². The molecule has 0 aliphatic rings. The SMILES string of the molecule is COc1cc(OC)c2c(C)c(CN)oc2c1. The van der Waals surface area contributed by atoms with Crippen molar-refractivity contribution in [2.45, 2.75) is 13.5 Å². The smallest absolute Gasteiger partial charge is 0.142 e. The van der Waals surface area contributed by atoms with Crippen molar-refractivity contribution < 1.29 is 13.9 Å². The molecule has 0 amide bonds. The van der Waals surface area contributed by atoms with Crippen LogP contribution >= 0.6 is 0 Å². The maximum Gasteiger partial charge on any atom is 0.142 e. The largest absolute Gasteiger partial charge is 0.496 e. The van der Waals surface area contributed by atoms with Crippen molar-refractivity contribution >= 4 is 11.0 Å². The van der Waals surface area contributed by atoms with Crippen LogP contribution in [0.5, 0.6) is 11.5 Å². The Morgan fingerprint density at radius 2 is 2.00 bits per heavy atom. The van der Waals surface area contributed by atoms with E-state index in [9.17, 15) is 0 Å². The van der Waals surface area contributed by atoms with E-state index in [2.05, 4.69) is 0 Å². The van der Waals surface area contributed by atoms with Crippen LogP contribution in [0.25, 0.3) is 11.0 Å². The highest BCUT2D eigenvalue weighted by Gasteiger charge is 2.15. The van der Waals surface area contributed by atoms with Gasteiger partial charge in [0, 0.05) is 17.7 Å². The average molecular weight is 221 g/mol. The van der Waals surface area contributed by atoms with E-state index in [1.165, 1.54) is 0 Å². The number of hydrogen-bond acceptors (Lipinski definition) is 4. The van der Waals surface area contributed by atoms with E-state index < -0.39 is 0 Å². The number of rotatable bonds is 3. The van der Waals surface area contributed by atoms with Crippen LogP contribution in [0, 0.1) is 6.92 Å². The van der Waals surface area contributed by atoms with Gasteiger partial charge in [-0.2, -0.15) is 0 Å². The lowest BCUT2D eigenvalue weighted by Crippen LogP contribution is -1.95. The summed E-state index contributed by atoms with van der Waals surface area (Å²) in [5.41, 5.74) is 7.38. The van der Waals surface area contributed by atoms with Gasteiger partial charge in [-0.25, -0.2) is 0 Å². The molecule has 1 heterocycles. The molecule has 4 nitrogen and oxygen atoms in total. The number of hydrogen-bond donors (Lipinski definition) is 1. The molecule has 0 spiro atoms. The molecule has 0 fully saturated rings. The molecule has 0 saturated heterocycles. The molecule has 16 heavy (non-hydrogen) atoms. The predicted molar refractivity (Wildman–Crippen MR) is 61.9 cm³/mol. The molecule has 1 aromatic carbocycles. The second-order valence-electron chi connectivity index (χ2n) is 3.56. The fraction of sp³-hybridized carbons (Fsp3) is 0.333. The Bertz CT molecular complexity index is 516. The Balaban J connectivity index is 2.76. The molecular weight excluding hydrogens is 206 g/mol. The maximum atomic E-state index is 5.65. The Labute approximate surface area is 93.9 Å². The first kappa shape index (κ1) is 10.8. The molecule has 0 aliphatic heterocycles. The summed E-state index contributed by atoms with van der Waals surface area (Å²) in [4.78, 5) is 0. The first-order valence-electron chi connectivity index (χ1n) is 5.05. The van der Waals surface area contributed by atoms with E-state index >= 15 is 0 Å². The van der Waals surface area contributed by atoms with Crippen molar-refractivity contribution in [1.82, 2.24) is 0 Å². The Morgan fingerprint density at radius 3 is 2.56 bits per heavy atom. The Kier molecular flexibility index (Phi) is 2.75. The second kappa shape index (κ2) is 4.06. The molecule has 0 unspecified atom stereocenters. The summed E-state index contributed by atoms with van der Waals surface area (Å²) in [6.07, 6.45) is 0. The normalized spacial score (nSPS) is 10.8. The lowest BCUT2D eigenvalue weighted by atomic mass is 10.1. The minimum atomic E-state index is 0.381. The van der Waals surface area contributed by atoms with Gasteiger partial charge in [0.25, 0.3) is 0 Å². The van der Waals surface area contributed by atoms with Gasteiger partial charge in [0.2, 0.25) is 0 Å². The Morgan fingerprint density at radius 1 is 1.25 bits per heavy atom. The molecule has 2 rings (SSSR count). The van der Waals surface area contributed by atoms with Gasteiger partial charge < -0.3 is 19.6 Å². The lowest BCUT2D eigenvalue weighted by molar-refractivity contribution is 0.397. The van der Waals surface area contributed by atoms with Crippen molar-refractivity contribution in [2.24, 2.45) is 5.73 Å². The van der Waals surface area contributed by atoms with Gasteiger partial charge in [-0.05, 0) is 6.92 Å². The number of aryl methyl sites for hydroxylation is 1. The van der Waals surface area contributed by atoms with Gasteiger partial charge >= 0.3 is 0 Å². The molecule has 0 bridgehead atoms. The zero-order chi connectivity index (χ0) is 11.7. The Hall–Kier alpha value is -1.68. The number of furan rings is 1. The van der Waals surface area contributed by atoms with E-state index in [-0.39, 0.29) is 0 Å². The molecule has 2 aromatic rings. The quantitative estimate of drug-likeness (QED) is 0.863. The summed E-state index contributed by atoms with van der Waals surface area (Å²) in [5, 5.41) is 0.962. The van der Waals surface area contributed by atoms with Crippen molar-refractivity contribution in [1.29, 1.82) is 0 Å². The van der Waals surface area contributed by atoms with Gasteiger partial charge in [0.05, 0.1) is 26.2 Å². The van der Waals surface area contributed by atoms with Crippen LogP contribution in [0.3, 0.4) is 0 Å². The molecule has 2 N–H and O–H groups in total. The summed E-state index contributed by atoms with van der Waals surface area (Å²) in [6.45, 7) is 2.36. The molecule has 1 aromatic heterocycles. The number of fused-ring (bicyclic) bond motifs is 1. The van der Waals surface area contributed by atoms with Crippen LogP contribution in [0.1, 0.15) is 11.3 Å². The van der Waals surface area contributed by atoms with Crippen LogP contribution in [-0.2, 0) is 6.54 Å². The summed E-state index contributed by atoms with van der Waals surface area (Å²) in [6, 6.07) is 3.68. The van der Waals surface area contributed by atoms with Crippen molar-refractivity contribution in [3.8, 4) is 11.5 Å². The first-order valence-corrected chi connectivity index (χ1v) is 5.05. The minimum Gasteiger partial charge on any atom is -0.496 e. The van der Waals surface area contributed by atoms with E-state index in [0.29, 0.717) is 12.3 Å². The number of ether oxygens (including phenoxy) is 2. The van der Waals surface area contributed by atoms with E-state index in [0.717, 1.165) is 28.0 Å².